The molecule has 7 heteroatoms. The number of amides is 2. The number of nitrogens with zero attached hydrogens (tertiary/aromatic N) is 1. The van der Waals surface area contributed by atoms with Gasteiger partial charge >= 0.3 is 0 Å². The molecule has 0 saturated heterocycles. The summed E-state index contributed by atoms with van der Waals surface area (Å²) < 4.78 is 19.0. The Morgan fingerprint density at radius 3 is 2.39 bits per heavy atom. The van der Waals surface area contributed by atoms with Crippen LogP contribution in [0, 0.1) is 11.7 Å². The fraction of sp³-hybridized carbons (Fsp3) is 0.417. The summed E-state index contributed by atoms with van der Waals surface area (Å²) in [6.07, 6.45) is 0. The van der Waals surface area contributed by atoms with E-state index in [0.717, 1.165) is 11.3 Å². The Kier molecular flexibility index (Phi) is 9.85. The lowest BCUT2D eigenvalue weighted by atomic mass is 10.1. The van der Waals surface area contributed by atoms with Gasteiger partial charge in [0.25, 0.3) is 0 Å². The predicted octanol–water partition coefficient (Wildman–Crippen LogP) is 4.26. The second kappa shape index (κ2) is 12.3. The molecule has 0 aliphatic heterocycles. The highest BCUT2D eigenvalue weighted by Gasteiger charge is 2.26. The SMILES string of the molecule is COc1ccc(CN(C(=O)CSCc2ccccc2F)C(C)C(=O)NCC(C)C)cc1. The molecule has 1 unspecified atom stereocenters. The highest BCUT2D eigenvalue weighted by atomic mass is 32.2. The van der Waals surface area contributed by atoms with Crippen LogP contribution < -0.4 is 10.1 Å². The summed E-state index contributed by atoms with van der Waals surface area (Å²) in [5.74, 6) is 0.968. The van der Waals surface area contributed by atoms with Crippen LogP contribution in [0.3, 0.4) is 0 Å². The zero-order valence-electron chi connectivity index (χ0n) is 18.6. The third kappa shape index (κ3) is 7.90. The van der Waals surface area contributed by atoms with Crippen molar-refractivity contribution in [1.82, 2.24) is 10.2 Å². The first kappa shape index (κ1) is 24.7. The van der Waals surface area contributed by atoms with Gasteiger partial charge in [-0.1, -0.05) is 44.2 Å². The topological polar surface area (TPSA) is 58.6 Å². The van der Waals surface area contributed by atoms with Gasteiger partial charge in [0.1, 0.15) is 17.6 Å². The van der Waals surface area contributed by atoms with Gasteiger partial charge in [-0.3, -0.25) is 9.59 Å². The van der Waals surface area contributed by atoms with Crippen LogP contribution in [0.25, 0.3) is 0 Å². The molecule has 0 bridgehead atoms. The van der Waals surface area contributed by atoms with Crippen molar-refractivity contribution in [1.29, 1.82) is 0 Å². The average molecular weight is 447 g/mol. The summed E-state index contributed by atoms with van der Waals surface area (Å²) in [7, 11) is 1.60. The maximum Gasteiger partial charge on any atom is 0.242 e. The number of ether oxygens (including phenoxy) is 1. The van der Waals surface area contributed by atoms with Crippen molar-refractivity contribution in [3.8, 4) is 5.75 Å². The molecule has 1 N–H and O–H groups in total. The Bertz CT molecular complexity index is 858. The molecule has 2 rings (SSSR count). The Morgan fingerprint density at radius 1 is 1.10 bits per heavy atom. The summed E-state index contributed by atoms with van der Waals surface area (Å²) in [5.41, 5.74) is 1.46. The Hall–Kier alpha value is -2.54. The maximum absolute atomic E-state index is 13.8. The monoisotopic (exact) mass is 446 g/mol. The highest BCUT2D eigenvalue weighted by Crippen LogP contribution is 2.19. The van der Waals surface area contributed by atoms with Gasteiger partial charge in [0, 0.05) is 18.8 Å². The van der Waals surface area contributed by atoms with Crippen molar-refractivity contribution < 1.29 is 18.7 Å². The van der Waals surface area contributed by atoms with Crippen LogP contribution in [0.2, 0.25) is 0 Å². The second-order valence-corrected chi connectivity index (χ2v) is 8.75. The quantitative estimate of drug-likeness (QED) is 0.560. The van der Waals surface area contributed by atoms with E-state index in [9.17, 15) is 14.0 Å². The van der Waals surface area contributed by atoms with E-state index in [1.165, 1.54) is 17.8 Å². The molecule has 0 aromatic heterocycles. The number of carbonyl (C=O) groups is 2. The van der Waals surface area contributed by atoms with Crippen LogP contribution >= 0.6 is 11.8 Å². The summed E-state index contributed by atoms with van der Waals surface area (Å²) in [6.45, 7) is 6.63. The predicted molar refractivity (Wildman–Crippen MR) is 123 cm³/mol. The van der Waals surface area contributed by atoms with E-state index in [0.29, 0.717) is 30.3 Å². The second-order valence-electron chi connectivity index (χ2n) is 7.77. The van der Waals surface area contributed by atoms with Gasteiger partial charge in [0.15, 0.2) is 0 Å². The zero-order chi connectivity index (χ0) is 22.8. The standard InChI is InChI=1S/C24H31FN2O3S/c1-17(2)13-26-24(29)18(3)27(14-19-9-11-21(30-4)12-10-19)23(28)16-31-15-20-7-5-6-8-22(20)25/h5-12,17-18H,13-16H2,1-4H3,(H,26,29). The van der Waals surface area contributed by atoms with Gasteiger partial charge in [0.05, 0.1) is 12.9 Å². The molecular weight excluding hydrogens is 415 g/mol. The average Bonchev–Trinajstić information content (AvgIpc) is 2.76. The molecule has 0 aliphatic rings. The molecule has 0 saturated carbocycles. The Labute approximate surface area is 188 Å². The van der Waals surface area contributed by atoms with Crippen LogP contribution in [-0.4, -0.2) is 42.2 Å². The highest BCUT2D eigenvalue weighted by molar-refractivity contribution is 7.99. The molecule has 2 aromatic rings. The number of hydrogen-bond acceptors (Lipinski definition) is 4. The van der Waals surface area contributed by atoms with Gasteiger partial charge in [-0.25, -0.2) is 4.39 Å². The van der Waals surface area contributed by atoms with Crippen LogP contribution in [0.1, 0.15) is 31.9 Å². The van der Waals surface area contributed by atoms with E-state index < -0.39 is 6.04 Å². The largest absolute Gasteiger partial charge is 0.497 e. The van der Waals surface area contributed by atoms with Crippen LogP contribution in [-0.2, 0) is 21.9 Å². The third-order valence-corrected chi connectivity index (χ3v) is 5.77. The number of rotatable bonds is 11. The van der Waals surface area contributed by atoms with Crippen molar-refractivity contribution in [2.45, 2.75) is 39.1 Å². The lowest BCUT2D eigenvalue weighted by Crippen LogP contribution is -2.48. The van der Waals surface area contributed by atoms with Gasteiger partial charge < -0.3 is 15.0 Å². The van der Waals surface area contributed by atoms with Gasteiger partial charge in [-0.2, -0.15) is 0 Å². The van der Waals surface area contributed by atoms with E-state index in [4.69, 9.17) is 4.74 Å². The number of carbonyl (C=O) groups excluding carboxylic acids is 2. The third-order valence-electron chi connectivity index (χ3n) is 4.80. The number of hydrogen-bond donors (Lipinski definition) is 1. The molecule has 31 heavy (non-hydrogen) atoms. The molecule has 0 heterocycles. The molecule has 0 fully saturated rings. The van der Waals surface area contributed by atoms with Crippen molar-refractivity contribution in [3.05, 3.63) is 65.5 Å². The molecule has 5 nitrogen and oxygen atoms in total. The van der Waals surface area contributed by atoms with Crippen molar-refractivity contribution in [2.24, 2.45) is 5.92 Å². The van der Waals surface area contributed by atoms with Gasteiger partial charge in [0.2, 0.25) is 11.8 Å². The molecule has 0 radical (unpaired) electrons. The first-order chi connectivity index (χ1) is 14.8. The number of halogens is 1. The lowest BCUT2D eigenvalue weighted by Gasteiger charge is -2.29. The molecular formula is C24H31FN2O3S. The first-order valence-electron chi connectivity index (χ1n) is 10.3. The molecule has 168 valence electrons. The van der Waals surface area contributed by atoms with Crippen LogP contribution in [0.4, 0.5) is 4.39 Å². The van der Waals surface area contributed by atoms with Crippen LogP contribution in [0.15, 0.2) is 48.5 Å². The van der Waals surface area contributed by atoms with E-state index in [-0.39, 0.29) is 23.4 Å². The van der Waals surface area contributed by atoms with E-state index >= 15 is 0 Å². The summed E-state index contributed by atoms with van der Waals surface area (Å²) in [5, 5.41) is 2.90. The minimum absolute atomic E-state index is 0.159. The number of methoxy groups -OCH3 is 1. The number of nitrogens with one attached hydrogen (secondary N) is 1. The van der Waals surface area contributed by atoms with E-state index in [1.54, 1.807) is 37.1 Å². The number of benzene rings is 2. The lowest BCUT2D eigenvalue weighted by molar-refractivity contribution is -0.138. The molecule has 0 spiro atoms. The molecule has 2 amide bonds. The fourth-order valence-corrected chi connectivity index (χ4v) is 3.81. The maximum atomic E-state index is 13.8. The normalized spacial score (nSPS) is 11.8. The van der Waals surface area contributed by atoms with Gasteiger partial charge in [-0.15, -0.1) is 11.8 Å². The number of thioether (sulfide) groups is 1. The van der Waals surface area contributed by atoms with Crippen molar-refractivity contribution in [3.63, 3.8) is 0 Å². The smallest absolute Gasteiger partial charge is 0.242 e. The summed E-state index contributed by atoms with van der Waals surface area (Å²) >= 11 is 1.34. The summed E-state index contributed by atoms with van der Waals surface area (Å²) in [6, 6.07) is 13.3. The van der Waals surface area contributed by atoms with E-state index in [2.05, 4.69) is 5.32 Å². The summed E-state index contributed by atoms with van der Waals surface area (Å²) in [4.78, 5) is 27.3. The van der Waals surface area contributed by atoms with E-state index in [1.807, 2.05) is 38.1 Å². The molecule has 2 aromatic carbocycles. The molecule has 1 atom stereocenters. The van der Waals surface area contributed by atoms with Crippen LogP contribution in [0.5, 0.6) is 5.75 Å². The fourth-order valence-electron chi connectivity index (χ4n) is 2.91. The minimum atomic E-state index is -0.623. The Balaban J connectivity index is 2.07. The molecule has 0 aliphatic carbocycles. The minimum Gasteiger partial charge on any atom is -0.497 e. The zero-order valence-corrected chi connectivity index (χ0v) is 19.4. The first-order valence-corrected chi connectivity index (χ1v) is 11.5. The van der Waals surface area contributed by atoms with Gasteiger partial charge in [-0.05, 0) is 42.2 Å². The van der Waals surface area contributed by atoms with Crippen molar-refractivity contribution >= 4 is 23.6 Å². The Morgan fingerprint density at radius 2 is 1.77 bits per heavy atom. The van der Waals surface area contributed by atoms with Crippen molar-refractivity contribution in [2.75, 3.05) is 19.4 Å².